The first kappa shape index (κ1) is 16.7. The molecule has 2 atom stereocenters. The Bertz CT molecular complexity index is 452. The van der Waals surface area contributed by atoms with Gasteiger partial charge in [0, 0.05) is 12.1 Å². The third-order valence-electron chi connectivity index (χ3n) is 4.45. The van der Waals surface area contributed by atoms with Gasteiger partial charge in [0.15, 0.2) is 0 Å². The van der Waals surface area contributed by atoms with Crippen LogP contribution in [0.4, 0.5) is 4.39 Å². The van der Waals surface area contributed by atoms with Gasteiger partial charge in [0.25, 0.3) is 0 Å². The molecule has 1 saturated carbocycles. The SMILES string of the molecule is COC(C1CCCCC1)C(Cc1ccc(Cl)cc1F)NN. The maximum absolute atomic E-state index is 14.0. The van der Waals surface area contributed by atoms with E-state index in [2.05, 4.69) is 5.43 Å². The predicted octanol–water partition coefficient (Wildman–Crippen LogP) is 3.45. The van der Waals surface area contributed by atoms with Crippen LogP contribution in [0.15, 0.2) is 18.2 Å². The number of nitrogens with one attached hydrogen (secondary N) is 1. The molecule has 1 aliphatic carbocycles. The van der Waals surface area contributed by atoms with Crippen LogP contribution >= 0.6 is 11.6 Å². The molecule has 0 heterocycles. The molecule has 0 radical (unpaired) electrons. The number of halogens is 2. The summed E-state index contributed by atoms with van der Waals surface area (Å²) in [5.74, 6) is 5.90. The molecular weight excluding hydrogens is 291 g/mol. The lowest BCUT2D eigenvalue weighted by Gasteiger charge is -2.34. The summed E-state index contributed by atoms with van der Waals surface area (Å²) < 4.78 is 19.7. The van der Waals surface area contributed by atoms with E-state index in [1.54, 1.807) is 19.2 Å². The van der Waals surface area contributed by atoms with E-state index in [-0.39, 0.29) is 18.0 Å². The van der Waals surface area contributed by atoms with E-state index in [0.717, 1.165) is 12.8 Å². The zero-order chi connectivity index (χ0) is 15.2. The summed E-state index contributed by atoms with van der Waals surface area (Å²) >= 11 is 5.79. The standard InChI is InChI=1S/C16H24ClFN2O/c1-21-16(11-5-3-2-4-6-11)15(20-19)9-12-7-8-13(17)10-14(12)18/h7-8,10-11,15-16,20H,2-6,9,19H2,1H3. The highest BCUT2D eigenvalue weighted by molar-refractivity contribution is 6.30. The van der Waals surface area contributed by atoms with E-state index in [4.69, 9.17) is 22.2 Å². The molecule has 1 aliphatic rings. The lowest BCUT2D eigenvalue weighted by molar-refractivity contribution is 0.00810. The quantitative estimate of drug-likeness (QED) is 0.624. The van der Waals surface area contributed by atoms with Crippen molar-refractivity contribution in [1.29, 1.82) is 0 Å². The van der Waals surface area contributed by atoms with Gasteiger partial charge in [0.1, 0.15) is 5.82 Å². The summed E-state index contributed by atoms with van der Waals surface area (Å²) in [4.78, 5) is 0. The van der Waals surface area contributed by atoms with Gasteiger partial charge in [-0.3, -0.25) is 11.3 Å². The molecule has 0 saturated heterocycles. The van der Waals surface area contributed by atoms with Crippen LogP contribution in [0.1, 0.15) is 37.7 Å². The smallest absolute Gasteiger partial charge is 0.127 e. The number of ether oxygens (including phenoxy) is 1. The lowest BCUT2D eigenvalue weighted by Crippen LogP contribution is -2.50. The third-order valence-corrected chi connectivity index (χ3v) is 4.69. The fourth-order valence-corrected chi connectivity index (χ4v) is 3.50. The molecule has 3 nitrogen and oxygen atoms in total. The second kappa shape index (κ2) is 8.08. The number of hydrazine groups is 1. The van der Waals surface area contributed by atoms with Crippen molar-refractivity contribution in [2.45, 2.75) is 50.7 Å². The summed E-state index contributed by atoms with van der Waals surface area (Å²) in [6.07, 6.45) is 6.56. The number of rotatable bonds is 6. The number of nitrogens with two attached hydrogens (primary N) is 1. The molecule has 2 unspecified atom stereocenters. The van der Waals surface area contributed by atoms with Crippen LogP contribution in [0.25, 0.3) is 0 Å². The average Bonchev–Trinajstić information content (AvgIpc) is 2.50. The minimum absolute atomic E-state index is 0.00498. The molecule has 2 rings (SSSR count). The third kappa shape index (κ3) is 4.39. The minimum Gasteiger partial charge on any atom is -0.379 e. The Labute approximate surface area is 131 Å². The van der Waals surface area contributed by atoms with Crippen LogP contribution in [0, 0.1) is 11.7 Å². The van der Waals surface area contributed by atoms with Crippen LogP contribution < -0.4 is 11.3 Å². The fourth-order valence-electron chi connectivity index (χ4n) is 3.34. The molecule has 3 N–H and O–H groups in total. The van der Waals surface area contributed by atoms with Crippen molar-refractivity contribution in [2.75, 3.05) is 7.11 Å². The fraction of sp³-hybridized carbons (Fsp3) is 0.625. The van der Waals surface area contributed by atoms with E-state index >= 15 is 0 Å². The van der Waals surface area contributed by atoms with Gasteiger partial charge in [-0.15, -0.1) is 0 Å². The maximum atomic E-state index is 14.0. The van der Waals surface area contributed by atoms with Gasteiger partial charge in [0.05, 0.1) is 12.1 Å². The molecule has 0 aliphatic heterocycles. The molecule has 118 valence electrons. The molecule has 0 spiro atoms. The first-order valence-corrected chi connectivity index (χ1v) is 7.96. The van der Waals surface area contributed by atoms with Gasteiger partial charge in [-0.05, 0) is 42.9 Å². The van der Waals surface area contributed by atoms with E-state index in [0.29, 0.717) is 22.9 Å². The Balaban J connectivity index is 2.09. The summed E-state index contributed by atoms with van der Waals surface area (Å²) in [5, 5.41) is 0.407. The maximum Gasteiger partial charge on any atom is 0.127 e. The summed E-state index contributed by atoms with van der Waals surface area (Å²) in [6.45, 7) is 0. The van der Waals surface area contributed by atoms with Gasteiger partial charge in [-0.2, -0.15) is 0 Å². The largest absolute Gasteiger partial charge is 0.379 e. The summed E-state index contributed by atoms with van der Waals surface area (Å²) in [5.41, 5.74) is 3.43. The van der Waals surface area contributed by atoms with Crippen LogP contribution in [0.5, 0.6) is 0 Å². The molecule has 1 fully saturated rings. The highest BCUT2D eigenvalue weighted by Gasteiger charge is 2.30. The van der Waals surface area contributed by atoms with Crippen molar-refractivity contribution in [3.8, 4) is 0 Å². The van der Waals surface area contributed by atoms with Gasteiger partial charge >= 0.3 is 0 Å². The van der Waals surface area contributed by atoms with E-state index in [9.17, 15) is 4.39 Å². The second-order valence-electron chi connectivity index (χ2n) is 5.81. The van der Waals surface area contributed by atoms with Crippen molar-refractivity contribution in [1.82, 2.24) is 5.43 Å². The van der Waals surface area contributed by atoms with Crippen LogP contribution in [0.2, 0.25) is 5.02 Å². The van der Waals surface area contributed by atoms with Crippen LogP contribution in [-0.4, -0.2) is 19.3 Å². The Hall–Kier alpha value is -0.680. The molecule has 0 aromatic heterocycles. The first-order valence-electron chi connectivity index (χ1n) is 7.58. The van der Waals surface area contributed by atoms with E-state index in [1.807, 2.05) is 0 Å². The molecule has 21 heavy (non-hydrogen) atoms. The van der Waals surface area contributed by atoms with Gasteiger partial charge in [0.2, 0.25) is 0 Å². The molecule has 0 amide bonds. The number of hydrogen-bond donors (Lipinski definition) is 2. The van der Waals surface area contributed by atoms with Crippen molar-refractivity contribution < 1.29 is 9.13 Å². The normalized spacial score (nSPS) is 19.4. The van der Waals surface area contributed by atoms with E-state index in [1.165, 1.54) is 25.3 Å². The Morgan fingerprint density at radius 1 is 1.38 bits per heavy atom. The van der Waals surface area contributed by atoms with Crippen molar-refractivity contribution in [2.24, 2.45) is 11.8 Å². The zero-order valence-corrected chi connectivity index (χ0v) is 13.2. The predicted molar refractivity (Wildman–Crippen MR) is 83.6 cm³/mol. The van der Waals surface area contributed by atoms with Crippen molar-refractivity contribution in [3.63, 3.8) is 0 Å². The molecule has 5 heteroatoms. The average molecular weight is 315 g/mol. The lowest BCUT2D eigenvalue weighted by atomic mass is 9.81. The van der Waals surface area contributed by atoms with Crippen LogP contribution in [0.3, 0.4) is 0 Å². The van der Waals surface area contributed by atoms with E-state index < -0.39 is 0 Å². The molecule has 1 aromatic carbocycles. The second-order valence-corrected chi connectivity index (χ2v) is 6.25. The topological polar surface area (TPSA) is 47.3 Å². The monoisotopic (exact) mass is 314 g/mol. The highest BCUT2D eigenvalue weighted by atomic mass is 35.5. The summed E-state index contributed by atoms with van der Waals surface area (Å²) in [7, 11) is 1.71. The Morgan fingerprint density at radius 3 is 2.67 bits per heavy atom. The first-order chi connectivity index (χ1) is 10.2. The highest BCUT2D eigenvalue weighted by Crippen LogP contribution is 2.30. The minimum atomic E-state index is -0.291. The number of hydrogen-bond acceptors (Lipinski definition) is 3. The van der Waals surface area contributed by atoms with Crippen LogP contribution in [-0.2, 0) is 11.2 Å². The van der Waals surface area contributed by atoms with Gasteiger partial charge in [-0.25, -0.2) is 4.39 Å². The molecule has 1 aromatic rings. The van der Waals surface area contributed by atoms with Crippen molar-refractivity contribution in [3.05, 3.63) is 34.6 Å². The van der Waals surface area contributed by atoms with Crippen molar-refractivity contribution >= 4 is 11.6 Å². The summed E-state index contributed by atoms with van der Waals surface area (Å²) in [6, 6.07) is 4.66. The number of benzene rings is 1. The Morgan fingerprint density at radius 2 is 2.10 bits per heavy atom. The van der Waals surface area contributed by atoms with Gasteiger partial charge in [-0.1, -0.05) is 36.9 Å². The number of methoxy groups -OCH3 is 1. The molecule has 0 bridgehead atoms. The van der Waals surface area contributed by atoms with Gasteiger partial charge < -0.3 is 4.74 Å². The Kier molecular flexibility index (Phi) is 6.42. The zero-order valence-electron chi connectivity index (χ0n) is 12.4. The molecular formula is C16H24ClFN2O.